The smallest absolute Gasteiger partial charge is 0.414 e. The second kappa shape index (κ2) is 11.3. The van der Waals surface area contributed by atoms with E-state index in [1.165, 1.54) is 4.90 Å². The van der Waals surface area contributed by atoms with Gasteiger partial charge in [0.1, 0.15) is 12.1 Å². The number of hydrogen-bond acceptors (Lipinski definition) is 8. The molecule has 3 amide bonds. The highest BCUT2D eigenvalue weighted by molar-refractivity contribution is 6.30. The van der Waals surface area contributed by atoms with Crippen molar-refractivity contribution in [1.82, 2.24) is 30.1 Å². The molecule has 1 atom stereocenters. The van der Waals surface area contributed by atoms with E-state index in [1.54, 1.807) is 41.3 Å². The van der Waals surface area contributed by atoms with Gasteiger partial charge in [-0.2, -0.15) is 0 Å². The maximum absolute atomic E-state index is 13.0. The van der Waals surface area contributed by atoms with Crippen LogP contribution in [0.4, 0.5) is 15.3 Å². The van der Waals surface area contributed by atoms with E-state index in [2.05, 4.69) is 20.3 Å². The zero-order valence-corrected chi connectivity index (χ0v) is 22.6. The molecule has 4 heterocycles. The van der Waals surface area contributed by atoms with Gasteiger partial charge < -0.3 is 19.3 Å². The van der Waals surface area contributed by atoms with Gasteiger partial charge in [0, 0.05) is 61.6 Å². The number of carbonyl (C=O) groups is 3. The van der Waals surface area contributed by atoms with Gasteiger partial charge in [0.2, 0.25) is 0 Å². The lowest BCUT2D eigenvalue weighted by Gasteiger charge is -2.42. The quantitative estimate of drug-likeness (QED) is 0.499. The monoisotopic (exact) mass is 567 g/mol. The van der Waals surface area contributed by atoms with Crippen LogP contribution in [-0.2, 0) is 9.47 Å². The number of halogens is 1. The van der Waals surface area contributed by atoms with Gasteiger partial charge >= 0.3 is 12.2 Å². The second-order valence-corrected chi connectivity index (χ2v) is 10.7. The standard InChI is InChI=1S/C27H30ClN7O5/c28-19-2-4-21(5-3-19)35-16-22(40-27(35)38)17-39-26(37)34-13-11-32(12-14-34)20-7-9-33(10-8-20)25(36)18-1-6-23-24(15-18)30-31-29-23/h1-6,15,20,22H,7-14,16-17H2,(H,29,30,31). The highest BCUT2D eigenvalue weighted by Gasteiger charge is 2.35. The van der Waals surface area contributed by atoms with Crippen molar-refractivity contribution in [3.8, 4) is 0 Å². The number of cyclic esters (lactones) is 1. The number of piperidine rings is 1. The number of aromatic amines is 1. The fraction of sp³-hybridized carbons (Fsp3) is 0.444. The lowest BCUT2D eigenvalue weighted by Crippen LogP contribution is -2.55. The Morgan fingerprint density at radius 2 is 1.75 bits per heavy atom. The predicted molar refractivity (Wildman–Crippen MR) is 146 cm³/mol. The molecule has 12 nitrogen and oxygen atoms in total. The van der Waals surface area contributed by atoms with Gasteiger partial charge in [-0.1, -0.05) is 16.8 Å². The van der Waals surface area contributed by atoms with Crippen LogP contribution in [0, 0.1) is 0 Å². The Morgan fingerprint density at radius 3 is 2.50 bits per heavy atom. The lowest BCUT2D eigenvalue weighted by molar-refractivity contribution is 0.0283. The van der Waals surface area contributed by atoms with Crippen LogP contribution in [0.5, 0.6) is 0 Å². The summed E-state index contributed by atoms with van der Waals surface area (Å²) < 4.78 is 10.9. The minimum atomic E-state index is -0.529. The van der Waals surface area contributed by atoms with Crippen molar-refractivity contribution in [3.05, 3.63) is 53.1 Å². The van der Waals surface area contributed by atoms with Gasteiger partial charge in [-0.15, -0.1) is 5.10 Å². The minimum absolute atomic E-state index is 0.00492. The summed E-state index contributed by atoms with van der Waals surface area (Å²) in [7, 11) is 0. The molecule has 2 aromatic carbocycles. The summed E-state index contributed by atoms with van der Waals surface area (Å²) in [6, 6.07) is 12.7. The molecule has 3 fully saturated rings. The third-order valence-electron chi connectivity index (χ3n) is 7.82. The molecule has 6 rings (SSSR count). The summed E-state index contributed by atoms with van der Waals surface area (Å²) in [5.41, 5.74) is 2.79. The lowest BCUT2D eigenvalue weighted by atomic mass is 10.0. The average molecular weight is 568 g/mol. The molecule has 3 aliphatic rings. The highest BCUT2D eigenvalue weighted by Crippen LogP contribution is 2.24. The fourth-order valence-corrected chi connectivity index (χ4v) is 5.68. The number of H-pyrrole nitrogens is 1. The van der Waals surface area contributed by atoms with Crippen molar-refractivity contribution in [3.63, 3.8) is 0 Å². The normalized spacial score (nSPS) is 20.7. The molecular weight excluding hydrogens is 538 g/mol. The van der Waals surface area contributed by atoms with Crippen molar-refractivity contribution in [2.75, 3.05) is 57.3 Å². The number of fused-ring (bicyclic) bond motifs is 1. The molecule has 1 N–H and O–H groups in total. The number of carbonyl (C=O) groups excluding carboxylic acids is 3. The van der Waals surface area contributed by atoms with Crippen molar-refractivity contribution in [2.24, 2.45) is 0 Å². The number of hydrogen-bond donors (Lipinski definition) is 1. The Hall–Kier alpha value is -3.90. The van der Waals surface area contributed by atoms with E-state index >= 15 is 0 Å². The first-order chi connectivity index (χ1) is 19.4. The molecule has 40 heavy (non-hydrogen) atoms. The third kappa shape index (κ3) is 5.54. The Labute approximate surface area is 235 Å². The van der Waals surface area contributed by atoms with E-state index in [-0.39, 0.29) is 12.5 Å². The maximum atomic E-state index is 13.0. The molecule has 1 unspecified atom stereocenters. The summed E-state index contributed by atoms with van der Waals surface area (Å²) in [5, 5.41) is 11.2. The molecular formula is C27H30ClN7O5. The Morgan fingerprint density at radius 1 is 1.00 bits per heavy atom. The van der Waals surface area contributed by atoms with Gasteiger partial charge in [0.25, 0.3) is 5.91 Å². The van der Waals surface area contributed by atoms with E-state index < -0.39 is 18.3 Å². The summed E-state index contributed by atoms with van der Waals surface area (Å²) in [6.07, 6.45) is 0.379. The topological polar surface area (TPSA) is 124 Å². The fourth-order valence-electron chi connectivity index (χ4n) is 5.56. The number of anilines is 1. The van der Waals surface area contributed by atoms with Gasteiger partial charge in [0.05, 0.1) is 12.1 Å². The molecule has 0 spiro atoms. The van der Waals surface area contributed by atoms with Crippen molar-refractivity contribution < 1.29 is 23.9 Å². The van der Waals surface area contributed by atoms with Crippen molar-refractivity contribution in [1.29, 1.82) is 0 Å². The summed E-state index contributed by atoms with van der Waals surface area (Å²) in [6.45, 7) is 4.32. The first kappa shape index (κ1) is 26.3. The molecule has 3 aromatic rings. The summed E-state index contributed by atoms with van der Waals surface area (Å²) in [5.74, 6) is 0.0140. The molecule has 0 bridgehead atoms. The molecule has 3 saturated heterocycles. The number of nitrogens with one attached hydrogen (secondary N) is 1. The SMILES string of the molecule is O=C(OCC1CN(c2ccc(Cl)cc2)C(=O)O1)N1CCN(C2CCN(C(=O)c3ccc4[nH]nnc4c3)CC2)CC1. The van der Waals surface area contributed by atoms with Crippen LogP contribution >= 0.6 is 11.6 Å². The summed E-state index contributed by atoms with van der Waals surface area (Å²) in [4.78, 5) is 45.4. The van der Waals surface area contributed by atoms with E-state index in [0.29, 0.717) is 60.6 Å². The first-order valence-electron chi connectivity index (χ1n) is 13.4. The van der Waals surface area contributed by atoms with Crippen LogP contribution in [0.3, 0.4) is 0 Å². The maximum Gasteiger partial charge on any atom is 0.414 e. The number of aromatic nitrogens is 3. The van der Waals surface area contributed by atoms with E-state index in [0.717, 1.165) is 31.4 Å². The number of nitrogens with zero attached hydrogens (tertiary/aromatic N) is 6. The van der Waals surface area contributed by atoms with E-state index in [4.69, 9.17) is 21.1 Å². The van der Waals surface area contributed by atoms with Crippen LogP contribution in [0.2, 0.25) is 5.02 Å². The molecule has 210 valence electrons. The van der Waals surface area contributed by atoms with Crippen molar-refractivity contribution >= 4 is 46.4 Å². The Bertz CT molecular complexity index is 1380. The Kier molecular flexibility index (Phi) is 7.44. The molecule has 0 aliphatic carbocycles. The number of ether oxygens (including phenoxy) is 2. The molecule has 0 saturated carbocycles. The van der Waals surface area contributed by atoms with Gasteiger partial charge in [-0.3, -0.25) is 19.7 Å². The molecule has 3 aliphatic heterocycles. The van der Waals surface area contributed by atoms with Crippen molar-refractivity contribution in [2.45, 2.75) is 25.0 Å². The number of amides is 3. The zero-order valence-electron chi connectivity index (χ0n) is 21.9. The number of rotatable bonds is 5. The predicted octanol–water partition coefficient (Wildman–Crippen LogP) is 3.00. The molecule has 1 aromatic heterocycles. The number of benzene rings is 2. The largest absolute Gasteiger partial charge is 0.445 e. The molecule has 0 radical (unpaired) electrons. The Balaban J connectivity index is 0.924. The number of piperazine rings is 1. The zero-order chi connectivity index (χ0) is 27.6. The average Bonchev–Trinajstić information content (AvgIpc) is 3.62. The van der Waals surface area contributed by atoms with Crippen LogP contribution in [-0.4, -0.2) is 113 Å². The van der Waals surface area contributed by atoms with Crippen LogP contribution < -0.4 is 4.90 Å². The van der Waals surface area contributed by atoms with Gasteiger partial charge in [-0.05, 0) is 55.3 Å². The van der Waals surface area contributed by atoms with Gasteiger partial charge in [0.15, 0.2) is 6.10 Å². The van der Waals surface area contributed by atoms with Crippen LogP contribution in [0.15, 0.2) is 42.5 Å². The van der Waals surface area contributed by atoms with E-state index in [9.17, 15) is 14.4 Å². The van der Waals surface area contributed by atoms with Crippen LogP contribution in [0.25, 0.3) is 11.0 Å². The summed E-state index contributed by atoms with van der Waals surface area (Å²) >= 11 is 5.93. The van der Waals surface area contributed by atoms with Crippen LogP contribution in [0.1, 0.15) is 23.2 Å². The number of likely N-dealkylation sites (tertiary alicyclic amines) is 1. The van der Waals surface area contributed by atoms with E-state index in [1.807, 2.05) is 11.0 Å². The second-order valence-electron chi connectivity index (χ2n) is 10.3. The minimum Gasteiger partial charge on any atom is -0.445 e. The third-order valence-corrected chi connectivity index (χ3v) is 8.07. The van der Waals surface area contributed by atoms with Gasteiger partial charge in [-0.25, -0.2) is 9.59 Å². The molecule has 13 heteroatoms. The first-order valence-corrected chi connectivity index (χ1v) is 13.8. The highest BCUT2D eigenvalue weighted by atomic mass is 35.5.